The minimum Gasteiger partial charge on any atom is -0.460 e. The van der Waals surface area contributed by atoms with E-state index in [1.54, 1.807) is 17.4 Å². The number of aromatic nitrogens is 1. The Morgan fingerprint density at radius 1 is 1.14 bits per heavy atom. The normalized spacial score (nSPS) is 19.6. The van der Waals surface area contributed by atoms with Crippen molar-refractivity contribution in [2.75, 3.05) is 31.1 Å². The summed E-state index contributed by atoms with van der Waals surface area (Å²) >= 11 is 1.61. The van der Waals surface area contributed by atoms with Gasteiger partial charge >= 0.3 is 0 Å². The van der Waals surface area contributed by atoms with Gasteiger partial charge in [-0.2, -0.15) is 11.3 Å². The minimum absolute atomic E-state index is 0.243. The van der Waals surface area contributed by atoms with Crippen LogP contribution >= 0.6 is 11.3 Å². The number of pyridine rings is 1. The van der Waals surface area contributed by atoms with Crippen LogP contribution in [0.5, 0.6) is 5.75 Å². The fourth-order valence-electron chi connectivity index (χ4n) is 3.88. The number of hydrogen-bond donors (Lipinski definition) is 0. The maximum absolute atomic E-state index is 14.2. The van der Waals surface area contributed by atoms with Crippen LogP contribution in [0.15, 0.2) is 53.4 Å². The standard InChI is InChI=1S/C22H22FN3O2S/c23-19-11-17(13-25-6-8-26(9-7-25)20-3-1-2-5-24-20)21-18(12-19)14-27-22(28-21)16-4-10-29-15-16/h1-5,10-12,15,22H,6-9,13-14H2. The predicted molar refractivity (Wildman–Crippen MR) is 111 cm³/mol. The summed E-state index contributed by atoms with van der Waals surface area (Å²) in [6.07, 6.45) is 1.39. The summed E-state index contributed by atoms with van der Waals surface area (Å²) in [5.41, 5.74) is 2.66. The highest BCUT2D eigenvalue weighted by atomic mass is 32.1. The number of benzene rings is 1. The monoisotopic (exact) mass is 411 g/mol. The van der Waals surface area contributed by atoms with Crippen LogP contribution in [0, 0.1) is 5.82 Å². The molecule has 0 bridgehead atoms. The second-order valence-corrected chi connectivity index (χ2v) is 8.10. The van der Waals surface area contributed by atoms with Crippen molar-refractivity contribution in [3.8, 4) is 5.75 Å². The van der Waals surface area contributed by atoms with E-state index >= 15 is 0 Å². The summed E-state index contributed by atoms with van der Waals surface area (Å²) in [5.74, 6) is 1.53. The molecule has 1 atom stereocenters. The molecular weight excluding hydrogens is 389 g/mol. The molecule has 4 heterocycles. The molecule has 5 nitrogen and oxygen atoms in total. The lowest BCUT2D eigenvalue weighted by Gasteiger charge is -2.36. The number of thiophene rings is 1. The van der Waals surface area contributed by atoms with E-state index in [1.165, 1.54) is 6.07 Å². The minimum atomic E-state index is -0.432. The zero-order chi connectivity index (χ0) is 19.6. The molecule has 29 heavy (non-hydrogen) atoms. The molecule has 1 aromatic carbocycles. The molecule has 5 rings (SSSR count). The summed E-state index contributed by atoms with van der Waals surface area (Å²) in [4.78, 5) is 9.06. The molecule has 1 saturated heterocycles. The van der Waals surface area contributed by atoms with E-state index < -0.39 is 6.29 Å². The summed E-state index contributed by atoms with van der Waals surface area (Å²) in [6, 6.07) is 11.1. The largest absolute Gasteiger partial charge is 0.460 e. The average molecular weight is 412 g/mol. The predicted octanol–water partition coefficient (Wildman–Crippen LogP) is 4.21. The fourth-order valence-corrected chi connectivity index (χ4v) is 4.55. The third-order valence-corrected chi connectivity index (χ3v) is 6.08. The number of fused-ring (bicyclic) bond motifs is 1. The number of nitrogens with zero attached hydrogens (tertiary/aromatic N) is 3. The van der Waals surface area contributed by atoms with Crippen molar-refractivity contribution in [1.82, 2.24) is 9.88 Å². The van der Waals surface area contributed by atoms with Gasteiger partial charge in [0.25, 0.3) is 0 Å². The van der Waals surface area contributed by atoms with Crippen molar-refractivity contribution >= 4 is 17.2 Å². The topological polar surface area (TPSA) is 37.8 Å². The average Bonchev–Trinajstić information content (AvgIpc) is 3.30. The molecule has 2 aromatic heterocycles. The third-order valence-electron chi connectivity index (χ3n) is 5.38. The molecule has 7 heteroatoms. The molecule has 2 aliphatic rings. The molecule has 0 N–H and O–H groups in total. The van der Waals surface area contributed by atoms with Gasteiger partial charge in [0.2, 0.25) is 6.29 Å². The first-order valence-corrected chi connectivity index (χ1v) is 10.7. The fraction of sp³-hybridized carbons (Fsp3) is 0.318. The Bertz CT molecular complexity index is 960. The molecule has 0 aliphatic carbocycles. The van der Waals surface area contributed by atoms with Crippen LogP contribution in [0.3, 0.4) is 0 Å². The van der Waals surface area contributed by atoms with E-state index in [2.05, 4.69) is 14.8 Å². The summed E-state index contributed by atoms with van der Waals surface area (Å²) < 4.78 is 26.2. The molecular formula is C22H22FN3O2S. The van der Waals surface area contributed by atoms with E-state index in [4.69, 9.17) is 9.47 Å². The highest BCUT2D eigenvalue weighted by Gasteiger charge is 2.27. The van der Waals surface area contributed by atoms with Gasteiger partial charge < -0.3 is 14.4 Å². The van der Waals surface area contributed by atoms with Crippen molar-refractivity contribution in [1.29, 1.82) is 0 Å². The van der Waals surface area contributed by atoms with E-state index in [-0.39, 0.29) is 5.82 Å². The third kappa shape index (κ3) is 3.99. The van der Waals surface area contributed by atoms with Crippen LogP contribution < -0.4 is 9.64 Å². The Kier molecular flexibility index (Phi) is 5.18. The summed E-state index contributed by atoms with van der Waals surface area (Å²) in [5, 5.41) is 4.03. The Balaban J connectivity index is 1.30. The molecule has 0 radical (unpaired) electrons. The lowest BCUT2D eigenvalue weighted by atomic mass is 10.1. The van der Waals surface area contributed by atoms with E-state index in [0.717, 1.165) is 54.4 Å². The Morgan fingerprint density at radius 2 is 2.03 bits per heavy atom. The van der Waals surface area contributed by atoms with Gasteiger partial charge in [-0.25, -0.2) is 9.37 Å². The van der Waals surface area contributed by atoms with Gasteiger partial charge in [-0.05, 0) is 35.7 Å². The number of piperazine rings is 1. The first-order valence-electron chi connectivity index (χ1n) is 9.76. The first-order chi connectivity index (χ1) is 14.3. The Labute approximate surface area is 173 Å². The highest BCUT2D eigenvalue weighted by Crippen LogP contribution is 2.37. The zero-order valence-electron chi connectivity index (χ0n) is 16.0. The molecule has 0 spiro atoms. The summed E-state index contributed by atoms with van der Waals surface area (Å²) in [6.45, 7) is 4.60. The SMILES string of the molecule is Fc1cc2c(c(CN3CCN(c4ccccn4)CC3)c1)OC(c1ccsc1)OC2. The van der Waals surface area contributed by atoms with Crippen LogP contribution in [-0.4, -0.2) is 36.1 Å². The second-order valence-electron chi connectivity index (χ2n) is 7.32. The van der Waals surface area contributed by atoms with E-state index in [1.807, 2.05) is 41.2 Å². The van der Waals surface area contributed by atoms with Gasteiger partial charge in [0.05, 0.1) is 6.61 Å². The lowest BCUT2D eigenvalue weighted by Crippen LogP contribution is -2.46. The quantitative estimate of drug-likeness (QED) is 0.643. The van der Waals surface area contributed by atoms with Crippen LogP contribution in [0.1, 0.15) is 23.0 Å². The first kappa shape index (κ1) is 18.5. The van der Waals surface area contributed by atoms with Crippen LogP contribution in [-0.2, 0) is 17.9 Å². The lowest BCUT2D eigenvalue weighted by molar-refractivity contribution is -0.112. The molecule has 2 aliphatic heterocycles. The van der Waals surface area contributed by atoms with Crippen LogP contribution in [0.4, 0.5) is 10.2 Å². The number of rotatable bonds is 4. The van der Waals surface area contributed by atoms with Crippen molar-refractivity contribution in [2.24, 2.45) is 0 Å². The molecule has 3 aromatic rings. The Hall–Kier alpha value is -2.48. The number of ether oxygens (including phenoxy) is 2. The van der Waals surface area contributed by atoms with Crippen LogP contribution in [0.2, 0.25) is 0 Å². The van der Waals surface area contributed by atoms with Crippen molar-refractivity contribution < 1.29 is 13.9 Å². The highest BCUT2D eigenvalue weighted by molar-refractivity contribution is 7.07. The number of anilines is 1. The number of halogens is 1. The Morgan fingerprint density at radius 3 is 2.79 bits per heavy atom. The molecule has 0 amide bonds. The summed E-state index contributed by atoms with van der Waals surface area (Å²) in [7, 11) is 0. The number of hydrogen-bond acceptors (Lipinski definition) is 6. The van der Waals surface area contributed by atoms with Gasteiger partial charge in [0.1, 0.15) is 17.4 Å². The molecule has 1 fully saturated rings. The maximum atomic E-state index is 14.2. The smallest absolute Gasteiger partial charge is 0.227 e. The van der Waals surface area contributed by atoms with Gasteiger partial charge in [0.15, 0.2) is 0 Å². The van der Waals surface area contributed by atoms with Gasteiger partial charge in [0, 0.05) is 61.0 Å². The maximum Gasteiger partial charge on any atom is 0.227 e. The van der Waals surface area contributed by atoms with Crippen LogP contribution in [0.25, 0.3) is 0 Å². The zero-order valence-corrected chi connectivity index (χ0v) is 16.8. The second kappa shape index (κ2) is 8.10. The van der Waals surface area contributed by atoms with E-state index in [0.29, 0.717) is 13.2 Å². The molecule has 0 saturated carbocycles. The van der Waals surface area contributed by atoms with Gasteiger partial charge in [-0.3, -0.25) is 4.90 Å². The van der Waals surface area contributed by atoms with E-state index in [9.17, 15) is 4.39 Å². The van der Waals surface area contributed by atoms with Gasteiger partial charge in [-0.1, -0.05) is 6.07 Å². The molecule has 150 valence electrons. The van der Waals surface area contributed by atoms with Crippen molar-refractivity contribution in [3.63, 3.8) is 0 Å². The van der Waals surface area contributed by atoms with Gasteiger partial charge in [-0.15, -0.1) is 0 Å². The molecule has 1 unspecified atom stereocenters. The van der Waals surface area contributed by atoms with Crippen molar-refractivity contribution in [3.05, 3.63) is 75.9 Å². The van der Waals surface area contributed by atoms with Crippen molar-refractivity contribution in [2.45, 2.75) is 19.4 Å².